The lowest BCUT2D eigenvalue weighted by Gasteiger charge is -2.30. The van der Waals surface area contributed by atoms with Crippen molar-refractivity contribution in [2.24, 2.45) is 0 Å². The molecule has 0 spiro atoms. The van der Waals surface area contributed by atoms with Crippen LogP contribution in [0.1, 0.15) is 48.8 Å². The molecule has 1 aromatic carbocycles. The first-order valence-corrected chi connectivity index (χ1v) is 10.9. The number of aryl methyl sites for hydroxylation is 1. The molecule has 2 aromatic rings. The van der Waals surface area contributed by atoms with E-state index in [2.05, 4.69) is 4.90 Å². The lowest BCUT2D eigenvalue weighted by molar-refractivity contribution is -0.127. The average molecular weight is 417 g/mol. The molecule has 0 N–H and O–H groups in total. The summed E-state index contributed by atoms with van der Waals surface area (Å²) in [7, 11) is 0. The zero-order valence-corrected chi connectivity index (χ0v) is 17.2. The number of halogens is 1. The molecule has 0 bridgehead atoms. The number of carbonyl (C=O) groups excluding carboxylic acids is 1. The van der Waals surface area contributed by atoms with E-state index in [0.29, 0.717) is 36.1 Å². The third kappa shape index (κ3) is 3.42. The van der Waals surface area contributed by atoms with Crippen molar-refractivity contribution < 1.29 is 13.9 Å². The van der Waals surface area contributed by atoms with Crippen molar-refractivity contribution in [2.75, 3.05) is 26.4 Å². The molecule has 1 amide bonds. The Labute approximate surface area is 174 Å². The van der Waals surface area contributed by atoms with E-state index in [1.54, 1.807) is 0 Å². The fraction of sp³-hybridized carbons (Fsp3) is 0.545. The second-order valence-electron chi connectivity index (χ2n) is 8.26. The first-order valence-electron chi connectivity index (χ1n) is 10.5. The fourth-order valence-corrected chi connectivity index (χ4v) is 5.16. The molecular formula is C22H25ClN2O4. The van der Waals surface area contributed by atoms with Gasteiger partial charge in [0.25, 0.3) is 0 Å². The van der Waals surface area contributed by atoms with Gasteiger partial charge < -0.3 is 14.1 Å². The molecule has 2 aliphatic heterocycles. The van der Waals surface area contributed by atoms with Crippen LogP contribution in [0.2, 0.25) is 5.02 Å². The van der Waals surface area contributed by atoms with E-state index in [9.17, 15) is 9.59 Å². The molecule has 1 aliphatic carbocycles. The van der Waals surface area contributed by atoms with E-state index >= 15 is 0 Å². The normalized spacial score (nSPS) is 19.3. The summed E-state index contributed by atoms with van der Waals surface area (Å²) in [4.78, 5) is 28.5. The van der Waals surface area contributed by atoms with Crippen molar-refractivity contribution in [1.29, 1.82) is 0 Å². The van der Waals surface area contributed by atoms with Crippen molar-refractivity contribution >= 4 is 28.5 Å². The number of carbonyl (C=O) groups is 1. The quantitative estimate of drug-likeness (QED) is 0.714. The molecule has 0 atom stereocenters. The molecule has 0 radical (unpaired) electrons. The lowest BCUT2D eigenvalue weighted by atomic mass is 9.90. The summed E-state index contributed by atoms with van der Waals surface area (Å²) in [6, 6.07) is 1.90. The maximum atomic E-state index is 12.6. The Hall–Kier alpha value is -2.05. The van der Waals surface area contributed by atoms with Crippen molar-refractivity contribution in [3.05, 3.63) is 38.2 Å². The first-order chi connectivity index (χ1) is 14.1. The van der Waals surface area contributed by atoms with Crippen LogP contribution < -0.4 is 10.4 Å². The molecule has 6 nitrogen and oxygen atoms in total. The van der Waals surface area contributed by atoms with Gasteiger partial charge in [-0.05, 0) is 50.2 Å². The molecule has 29 heavy (non-hydrogen) atoms. The smallest absolute Gasteiger partial charge is 0.339 e. The average Bonchev–Trinajstić information content (AvgIpc) is 3.14. The van der Waals surface area contributed by atoms with Gasteiger partial charge in [-0.1, -0.05) is 11.6 Å². The van der Waals surface area contributed by atoms with Gasteiger partial charge in [0.05, 0.1) is 10.6 Å². The zero-order valence-electron chi connectivity index (χ0n) is 16.5. The highest BCUT2D eigenvalue weighted by Crippen LogP contribution is 2.40. The zero-order chi connectivity index (χ0) is 20.0. The van der Waals surface area contributed by atoms with Crippen molar-refractivity contribution in [3.63, 3.8) is 0 Å². The number of hydrogen-bond donors (Lipinski definition) is 0. The monoisotopic (exact) mass is 416 g/mol. The van der Waals surface area contributed by atoms with Crippen molar-refractivity contribution in [1.82, 2.24) is 9.80 Å². The topological polar surface area (TPSA) is 63.0 Å². The van der Waals surface area contributed by atoms with E-state index in [1.807, 2.05) is 11.0 Å². The van der Waals surface area contributed by atoms with Crippen LogP contribution in [0.5, 0.6) is 5.75 Å². The highest BCUT2D eigenvalue weighted by Gasteiger charge is 2.28. The minimum absolute atomic E-state index is 0.221. The van der Waals surface area contributed by atoms with E-state index < -0.39 is 0 Å². The molecular weight excluding hydrogens is 392 g/mol. The van der Waals surface area contributed by atoms with Gasteiger partial charge in [-0.2, -0.15) is 0 Å². The summed E-state index contributed by atoms with van der Waals surface area (Å²) >= 11 is 6.55. The number of fused-ring (bicyclic) bond motifs is 5. The largest absolute Gasteiger partial charge is 0.476 e. The van der Waals surface area contributed by atoms with Crippen LogP contribution in [0.3, 0.4) is 0 Å². The number of hydrogen-bond acceptors (Lipinski definition) is 5. The van der Waals surface area contributed by atoms with Gasteiger partial charge in [-0.15, -0.1) is 0 Å². The van der Waals surface area contributed by atoms with Gasteiger partial charge in [-0.25, -0.2) is 4.79 Å². The van der Waals surface area contributed by atoms with E-state index in [0.717, 1.165) is 80.2 Å². The van der Waals surface area contributed by atoms with Gasteiger partial charge in [0.15, 0.2) is 0 Å². The predicted octanol–water partition coefficient (Wildman–Crippen LogP) is 3.49. The predicted molar refractivity (Wildman–Crippen MR) is 110 cm³/mol. The SMILES string of the molecule is O=C1CCCN1CCCN1COc2c(Cl)cc3c4c(c(=O)oc3c2C1)CCCC4. The van der Waals surface area contributed by atoms with E-state index in [1.165, 1.54) is 0 Å². The molecule has 154 valence electrons. The van der Waals surface area contributed by atoms with Gasteiger partial charge >= 0.3 is 5.63 Å². The number of likely N-dealkylation sites (tertiary alicyclic amines) is 1. The molecule has 0 saturated carbocycles. The van der Waals surface area contributed by atoms with E-state index in [-0.39, 0.29) is 11.5 Å². The second-order valence-corrected chi connectivity index (χ2v) is 8.67. The lowest BCUT2D eigenvalue weighted by Crippen LogP contribution is -2.35. The van der Waals surface area contributed by atoms with Crippen LogP contribution in [0.4, 0.5) is 0 Å². The summed E-state index contributed by atoms with van der Waals surface area (Å²) < 4.78 is 11.7. The number of ether oxygens (including phenoxy) is 1. The van der Waals surface area contributed by atoms with Gasteiger partial charge in [0.2, 0.25) is 5.91 Å². The Morgan fingerprint density at radius 3 is 2.62 bits per heavy atom. The minimum Gasteiger partial charge on any atom is -0.476 e. The molecule has 3 aliphatic rings. The Morgan fingerprint density at radius 1 is 1.00 bits per heavy atom. The van der Waals surface area contributed by atoms with Crippen molar-refractivity contribution in [2.45, 2.75) is 51.5 Å². The van der Waals surface area contributed by atoms with Gasteiger partial charge in [0.1, 0.15) is 18.1 Å². The fourth-order valence-electron chi connectivity index (χ4n) is 4.88. The van der Waals surface area contributed by atoms with Crippen LogP contribution >= 0.6 is 11.6 Å². The van der Waals surface area contributed by atoms with E-state index in [4.69, 9.17) is 20.8 Å². The summed E-state index contributed by atoms with van der Waals surface area (Å²) in [6.07, 6.45) is 6.31. The van der Waals surface area contributed by atoms with Crippen molar-refractivity contribution in [3.8, 4) is 5.75 Å². The Balaban J connectivity index is 1.41. The van der Waals surface area contributed by atoms with Crippen LogP contribution in [0, 0.1) is 0 Å². The summed E-state index contributed by atoms with van der Waals surface area (Å²) in [5.41, 5.74) is 3.16. The minimum atomic E-state index is -0.221. The molecule has 0 unspecified atom stereocenters. The van der Waals surface area contributed by atoms with Crippen LogP contribution in [-0.4, -0.2) is 42.1 Å². The highest BCUT2D eigenvalue weighted by molar-refractivity contribution is 6.33. The molecule has 3 heterocycles. The van der Waals surface area contributed by atoms with Crippen LogP contribution in [-0.2, 0) is 24.2 Å². The van der Waals surface area contributed by atoms with Crippen LogP contribution in [0.25, 0.3) is 11.0 Å². The Kier molecular flexibility index (Phi) is 5.00. The maximum Gasteiger partial charge on any atom is 0.339 e. The van der Waals surface area contributed by atoms with Gasteiger partial charge in [-0.3, -0.25) is 9.69 Å². The summed E-state index contributed by atoms with van der Waals surface area (Å²) in [5, 5.41) is 1.53. The molecule has 7 heteroatoms. The first kappa shape index (κ1) is 18.9. The second kappa shape index (κ2) is 7.65. The highest BCUT2D eigenvalue weighted by atomic mass is 35.5. The third-order valence-corrected chi connectivity index (χ3v) is 6.64. The summed E-state index contributed by atoms with van der Waals surface area (Å²) in [5.74, 6) is 0.888. The summed E-state index contributed by atoms with van der Waals surface area (Å²) in [6.45, 7) is 3.53. The Morgan fingerprint density at radius 2 is 1.83 bits per heavy atom. The molecule has 1 fully saturated rings. The molecule has 5 rings (SSSR count). The standard InChI is InChI=1S/C22H25ClN2O4/c23-18-11-16-14-5-1-2-6-15(14)22(27)29-20(16)17-12-24(13-28-21(17)18)8-4-10-25-9-3-7-19(25)26/h11H,1-10,12-13H2. The number of rotatable bonds is 4. The Bertz CT molecular complexity index is 1030. The van der Waals surface area contributed by atoms with Gasteiger partial charge in [0, 0.05) is 43.5 Å². The molecule has 1 saturated heterocycles. The number of benzene rings is 1. The maximum absolute atomic E-state index is 12.6. The third-order valence-electron chi connectivity index (χ3n) is 6.36. The molecule has 1 aromatic heterocycles. The number of nitrogens with zero attached hydrogens (tertiary/aromatic N) is 2. The van der Waals surface area contributed by atoms with Crippen LogP contribution in [0.15, 0.2) is 15.3 Å². The number of amides is 1.